The van der Waals surface area contributed by atoms with E-state index in [4.69, 9.17) is 0 Å². The SMILES string of the molecule is Cc1ccc(C(Cc2cccc3ccccc23)Cc2cccc3ccccc23)cc1. The molecule has 0 amide bonds. The normalized spacial score (nSPS) is 11.4. The summed E-state index contributed by atoms with van der Waals surface area (Å²) >= 11 is 0. The summed E-state index contributed by atoms with van der Waals surface area (Å²) in [6, 6.07) is 40.0. The standard InChI is InChI=1S/C30H26/c1-22-16-18-23(19-17-22)28(20-26-12-6-10-24-8-2-4-14-29(24)26)21-27-13-7-11-25-9-3-5-15-30(25)27/h2-19,28H,20-21H2,1H3. The van der Waals surface area contributed by atoms with Gasteiger partial charge in [0, 0.05) is 0 Å². The Morgan fingerprint density at radius 3 is 1.50 bits per heavy atom. The van der Waals surface area contributed by atoms with Crippen LogP contribution in [0.1, 0.15) is 28.2 Å². The molecule has 0 aromatic heterocycles. The van der Waals surface area contributed by atoms with Gasteiger partial charge in [0.05, 0.1) is 0 Å². The second kappa shape index (κ2) is 8.16. The minimum Gasteiger partial charge on any atom is -0.0616 e. The Morgan fingerprint density at radius 1 is 0.500 bits per heavy atom. The van der Waals surface area contributed by atoms with E-state index in [1.165, 1.54) is 43.8 Å². The van der Waals surface area contributed by atoms with Crippen molar-refractivity contribution >= 4 is 21.5 Å². The smallest absolute Gasteiger partial charge is 0.00806 e. The van der Waals surface area contributed by atoms with Crippen LogP contribution in [0, 0.1) is 6.92 Å². The molecule has 0 aliphatic carbocycles. The lowest BCUT2D eigenvalue weighted by Gasteiger charge is -2.20. The maximum atomic E-state index is 2.32. The number of fused-ring (bicyclic) bond motifs is 2. The maximum Gasteiger partial charge on any atom is -0.00806 e. The molecular weight excluding hydrogens is 360 g/mol. The van der Waals surface area contributed by atoms with Crippen molar-refractivity contribution in [2.45, 2.75) is 25.7 Å². The monoisotopic (exact) mass is 386 g/mol. The van der Waals surface area contributed by atoms with Crippen LogP contribution in [0.3, 0.4) is 0 Å². The van der Waals surface area contributed by atoms with E-state index in [1.807, 2.05) is 0 Å². The molecule has 0 unspecified atom stereocenters. The van der Waals surface area contributed by atoms with Crippen molar-refractivity contribution in [2.24, 2.45) is 0 Å². The third-order valence-corrected chi connectivity index (χ3v) is 6.24. The molecule has 146 valence electrons. The van der Waals surface area contributed by atoms with Gasteiger partial charge in [0.15, 0.2) is 0 Å². The molecule has 0 N–H and O–H groups in total. The van der Waals surface area contributed by atoms with E-state index >= 15 is 0 Å². The largest absolute Gasteiger partial charge is 0.0616 e. The summed E-state index contributed by atoms with van der Waals surface area (Å²) < 4.78 is 0. The molecule has 5 aromatic carbocycles. The summed E-state index contributed by atoms with van der Waals surface area (Å²) in [5.41, 5.74) is 5.59. The molecule has 0 aliphatic heterocycles. The summed E-state index contributed by atoms with van der Waals surface area (Å²) in [4.78, 5) is 0. The van der Waals surface area contributed by atoms with E-state index in [-0.39, 0.29) is 0 Å². The highest BCUT2D eigenvalue weighted by Gasteiger charge is 2.16. The molecule has 5 rings (SSSR count). The molecule has 5 aromatic rings. The van der Waals surface area contributed by atoms with Gasteiger partial charge < -0.3 is 0 Å². The third-order valence-electron chi connectivity index (χ3n) is 6.24. The summed E-state index contributed by atoms with van der Waals surface area (Å²) in [5.74, 6) is 0.433. The quantitative estimate of drug-likeness (QED) is 0.288. The first kappa shape index (κ1) is 18.6. The fourth-order valence-electron chi connectivity index (χ4n) is 4.62. The summed E-state index contributed by atoms with van der Waals surface area (Å²) in [6.07, 6.45) is 2.07. The highest BCUT2D eigenvalue weighted by atomic mass is 14.2. The van der Waals surface area contributed by atoms with Gasteiger partial charge in [-0.15, -0.1) is 0 Å². The molecule has 0 aliphatic rings. The highest BCUT2D eigenvalue weighted by molar-refractivity contribution is 5.86. The summed E-state index contributed by atoms with van der Waals surface area (Å²) in [7, 11) is 0. The van der Waals surface area contributed by atoms with E-state index in [1.54, 1.807) is 0 Å². The minimum atomic E-state index is 0.433. The third kappa shape index (κ3) is 3.74. The van der Waals surface area contributed by atoms with Crippen LogP contribution in [0.15, 0.2) is 109 Å². The molecule has 0 bridgehead atoms. The fraction of sp³-hybridized carbons (Fsp3) is 0.133. The molecule has 0 saturated heterocycles. The average Bonchev–Trinajstić information content (AvgIpc) is 2.80. The van der Waals surface area contributed by atoms with Crippen LogP contribution in [-0.2, 0) is 12.8 Å². The minimum absolute atomic E-state index is 0.433. The number of hydrogen-bond donors (Lipinski definition) is 0. The lowest BCUT2D eigenvalue weighted by molar-refractivity contribution is 0.685. The predicted molar refractivity (Wildman–Crippen MR) is 129 cm³/mol. The molecule has 0 nitrogen and oxygen atoms in total. The van der Waals surface area contributed by atoms with Gasteiger partial charge >= 0.3 is 0 Å². The van der Waals surface area contributed by atoms with Crippen LogP contribution >= 0.6 is 0 Å². The van der Waals surface area contributed by atoms with Gasteiger partial charge in [-0.1, -0.05) is 115 Å². The van der Waals surface area contributed by atoms with Gasteiger partial charge in [-0.25, -0.2) is 0 Å². The van der Waals surface area contributed by atoms with Gasteiger partial charge in [-0.2, -0.15) is 0 Å². The number of hydrogen-bond acceptors (Lipinski definition) is 0. The van der Waals surface area contributed by atoms with Crippen molar-refractivity contribution in [1.29, 1.82) is 0 Å². The van der Waals surface area contributed by atoms with Gasteiger partial charge in [-0.3, -0.25) is 0 Å². The van der Waals surface area contributed by atoms with Gasteiger partial charge in [0.25, 0.3) is 0 Å². The van der Waals surface area contributed by atoms with E-state index < -0.39 is 0 Å². The first-order valence-electron chi connectivity index (χ1n) is 10.8. The highest BCUT2D eigenvalue weighted by Crippen LogP contribution is 2.31. The van der Waals surface area contributed by atoms with Gasteiger partial charge in [0.1, 0.15) is 0 Å². The second-order valence-electron chi connectivity index (χ2n) is 8.29. The van der Waals surface area contributed by atoms with Crippen molar-refractivity contribution < 1.29 is 0 Å². The van der Waals surface area contributed by atoms with Crippen molar-refractivity contribution in [3.63, 3.8) is 0 Å². The molecule has 0 heterocycles. The number of aryl methyl sites for hydroxylation is 1. The van der Waals surface area contributed by atoms with Gasteiger partial charge in [0.2, 0.25) is 0 Å². The molecule has 0 radical (unpaired) electrons. The fourth-order valence-corrected chi connectivity index (χ4v) is 4.62. The second-order valence-corrected chi connectivity index (χ2v) is 8.29. The van der Waals surface area contributed by atoms with E-state index in [0.29, 0.717) is 5.92 Å². The molecule has 30 heavy (non-hydrogen) atoms. The summed E-state index contributed by atoms with van der Waals surface area (Å²) in [5, 5.41) is 5.38. The van der Waals surface area contributed by atoms with Crippen molar-refractivity contribution in [1.82, 2.24) is 0 Å². The average molecular weight is 387 g/mol. The van der Waals surface area contributed by atoms with Crippen LogP contribution in [-0.4, -0.2) is 0 Å². The number of rotatable bonds is 5. The molecule has 0 atom stereocenters. The van der Waals surface area contributed by atoms with E-state index in [9.17, 15) is 0 Å². The van der Waals surface area contributed by atoms with E-state index in [2.05, 4.69) is 116 Å². The van der Waals surface area contributed by atoms with E-state index in [0.717, 1.165) is 12.8 Å². The Balaban J connectivity index is 1.57. The zero-order valence-corrected chi connectivity index (χ0v) is 17.4. The summed E-state index contributed by atoms with van der Waals surface area (Å²) in [6.45, 7) is 2.16. The van der Waals surface area contributed by atoms with Crippen LogP contribution in [0.4, 0.5) is 0 Å². The Hall–Kier alpha value is -3.38. The number of benzene rings is 5. The lowest BCUT2D eigenvalue weighted by Crippen LogP contribution is -2.08. The molecule has 0 heteroatoms. The van der Waals surface area contributed by atoms with Crippen molar-refractivity contribution in [3.8, 4) is 0 Å². The maximum absolute atomic E-state index is 2.32. The zero-order chi connectivity index (χ0) is 20.3. The molecule has 0 spiro atoms. The van der Waals surface area contributed by atoms with Crippen LogP contribution in [0.5, 0.6) is 0 Å². The molecular formula is C30H26. The van der Waals surface area contributed by atoms with Crippen molar-refractivity contribution in [2.75, 3.05) is 0 Å². The van der Waals surface area contributed by atoms with Crippen LogP contribution in [0.2, 0.25) is 0 Å². The van der Waals surface area contributed by atoms with Crippen molar-refractivity contribution in [3.05, 3.63) is 131 Å². The topological polar surface area (TPSA) is 0 Å². The first-order valence-corrected chi connectivity index (χ1v) is 10.8. The molecule has 0 saturated carbocycles. The Labute approximate surface area is 178 Å². The molecule has 0 fully saturated rings. The van der Waals surface area contributed by atoms with Crippen LogP contribution in [0.25, 0.3) is 21.5 Å². The van der Waals surface area contributed by atoms with Crippen LogP contribution < -0.4 is 0 Å². The Bertz CT molecular complexity index is 1200. The first-order chi connectivity index (χ1) is 14.8. The predicted octanol–water partition coefficient (Wildman–Crippen LogP) is 7.87. The zero-order valence-electron chi connectivity index (χ0n) is 17.4. The Kier molecular flexibility index (Phi) is 5.07. The lowest BCUT2D eigenvalue weighted by atomic mass is 9.84. The van der Waals surface area contributed by atoms with Gasteiger partial charge in [-0.05, 0) is 63.9 Å². The Morgan fingerprint density at radius 2 is 0.967 bits per heavy atom.